The molecule has 1 aromatic rings. The predicted molar refractivity (Wildman–Crippen MR) is 112 cm³/mol. The molecule has 1 aromatic carbocycles. The first-order valence-electron chi connectivity index (χ1n) is 9.21. The van der Waals surface area contributed by atoms with Crippen molar-refractivity contribution in [3.05, 3.63) is 35.9 Å². The van der Waals surface area contributed by atoms with E-state index in [4.69, 9.17) is 31.0 Å². The van der Waals surface area contributed by atoms with Gasteiger partial charge in [0, 0.05) is 27.2 Å². The molecule has 0 spiro atoms. The van der Waals surface area contributed by atoms with Crippen LogP contribution in [-0.4, -0.2) is 62.3 Å². The zero-order valence-electron chi connectivity index (χ0n) is 17.0. The van der Waals surface area contributed by atoms with E-state index in [0.29, 0.717) is 11.5 Å². The Morgan fingerprint density at radius 1 is 1.23 bits per heavy atom. The fourth-order valence-electron chi connectivity index (χ4n) is 3.21. The molecule has 0 aliphatic heterocycles. The summed E-state index contributed by atoms with van der Waals surface area (Å²) >= 11 is 5.14. The van der Waals surface area contributed by atoms with Crippen molar-refractivity contribution in [1.29, 1.82) is 0 Å². The molecule has 1 aliphatic carbocycles. The Balaban J connectivity index is 2.01. The van der Waals surface area contributed by atoms with E-state index in [1.807, 2.05) is 30.3 Å². The number of methoxy groups -OCH3 is 1. The highest BCUT2D eigenvalue weighted by atomic mass is 32.1. The van der Waals surface area contributed by atoms with E-state index in [1.165, 1.54) is 7.11 Å². The monoisotopic (exact) mass is 462 g/mol. The fraction of sp³-hybridized carbons (Fsp3) is 0.556. The van der Waals surface area contributed by atoms with Crippen LogP contribution in [0.3, 0.4) is 0 Å². The van der Waals surface area contributed by atoms with Gasteiger partial charge in [-0.05, 0) is 24.2 Å². The highest BCUT2D eigenvalue weighted by Gasteiger charge is 2.48. The van der Waals surface area contributed by atoms with Crippen molar-refractivity contribution in [3.8, 4) is 0 Å². The molecule has 1 fully saturated rings. The van der Waals surface area contributed by atoms with Crippen LogP contribution in [0, 0.1) is 5.92 Å². The van der Waals surface area contributed by atoms with Crippen molar-refractivity contribution in [2.45, 2.75) is 31.3 Å². The van der Waals surface area contributed by atoms with Gasteiger partial charge in [0.05, 0.1) is 6.04 Å². The molecule has 12 heteroatoms. The number of thiocarbonyl (C=S) groups is 1. The molecule has 3 N–H and O–H groups in total. The molecule has 0 aromatic heterocycles. The van der Waals surface area contributed by atoms with Crippen molar-refractivity contribution in [3.63, 3.8) is 0 Å². The topological polar surface area (TPSA) is 125 Å². The number of nitrogens with one attached hydrogen (secondary N) is 2. The first kappa shape index (κ1) is 24.5. The summed E-state index contributed by atoms with van der Waals surface area (Å²) in [5.41, 5.74) is 0.821. The number of hydrogen-bond donors (Lipinski definition) is 3. The lowest BCUT2D eigenvalue weighted by molar-refractivity contribution is -0.0317. The van der Waals surface area contributed by atoms with E-state index in [-0.39, 0.29) is 19.3 Å². The summed E-state index contributed by atoms with van der Waals surface area (Å²) in [7, 11) is -0.129. The Morgan fingerprint density at radius 2 is 1.93 bits per heavy atom. The lowest BCUT2D eigenvalue weighted by Gasteiger charge is -2.27. The average Bonchev–Trinajstić information content (AvgIpc) is 3.06. The molecule has 0 bridgehead atoms. The highest BCUT2D eigenvalue weighted by Crippen LogP contribution is 2.48. The summed E-state index contributed by atoms with van der Waals surface area (Å²) in [6, 6.07) is 8.83. The number of phosphoric ester groups is 1. The molecule has 10 nitrogen and oxygen atoms in total. The maximum absolute atomic E-state index is 12.0. The van der Waals surface area contributed by atoms with Crippen molar-refractivity contribution in [1.82, 2.24) is 10.6 Å². The first-order chi connectivity index (χ1) is 14.3. The standard InChI is InChI=1S/C18H27N2O8PS/c1-19-17(30)20-14-9-13(15(16(14)24-2)28-29(22,23)25-3)11-27-18(21)26-10-12-7-5-4-6-8-12/h4-8,13-16H,9-11H2,1-3H3,(H,22,23)(H2,19,20,30)/t13-,14-,15?,16-/m1/s1. The van der Waals surface area contributed by atoms with Gasteiger partial charge < -0.3 is 29.7 Å². The third kappa shape index (κ3) is 7.19. The van der Waals surface area contributed by atoms with Gasteiger partial charge in [0.2, 0.25) is 0 Å². The number of carbonyl (C=O) groups excluding carboxylic acids is 1. The summed E-state index contributed by atoms with van der Waals surface area (Å²) in [5.74, 6) is -0.466. The number of rotatable bonds is 9. The number of ether oxygens (including phenoxy) is 3. The second kappa shape index (κ2) is 11.6. The zero-order valence-corrected chi connectivity index (χ0v) is 18.7. The number of phosphoric acid groups is 1. The van der Waals surface area contributed by atoms with Crippen LogP contribution in [0.5, 0.6) is 0 Å². The molecule has 168 valence electrons. The minimum Gasteiger partial charge on any atom is -0.434 e. The summed E-state index contributed by atoms with van der Waals surface area (Å²) in [6.45, 7) is -0.0343. The third-order valence-corrected chi connectivity index (χ3v) is 5.95. The zero-order chi connectivity index (χ0) is 22.1. The number of benzene rings is 1. The van der Waals surface area contributed by atoms with Gasteiger partial charge in [-0.2, -0.15) is 0 Å². The Labute approximate surface area is 180 Å². The minimum atomic E-state index is -4.31. The maximum Gasteiger partial charge on any atom is 0.508 e. The van der Waals surface area contributed by atoms with Crippen LogP contribution in [0.25, 0.3) is 0 Å². The van der Waals surface area contributed by atoms with E-state index in [0.717, 1.165) is 12.7 Å². The predicted octanol–water partition coefficient (Wildman–Crippen LogP) is 1.97. The highest BCUT2D eigenvalue weighted by molar-refractivity contribution is 7.80. The van der Waals surface area contributed by atoms with Crippen molar-refractivity contribution in [2.75, 3.05) is 27.9 Å². The van der Waals surface area contributed by atoms with Crippen molar-refractivity contribution >= 4 is 31.3 Å². The number of carbonyl (C=O) groups is 1. The molecule has 5 atom stereocenters. The minimum absolute atomic E-state index is 0.0705. The normalized spacial score (nSPS) is 25.2. The lowest BCUT2D eigenvalue weighted by Crippen LogP contribution is -2.47. The van der Waals surface area contributed by atoms with E-state index in [1.54, 1.807) is 7.05 Å². The first-order valence-corrected chi connectivity index (χ1v) is 11.1. The molecular weight excluding hydrogens is 435 g/mol. The molecule has 2 unspecified atom stereocenters. The third-order valence-electron chi connectivity index (χ3n) is 4.66. The van der Waals surface area contributed by atoms with Crippen molar-refractivity contribution in [2.24, 2.45) is 5.92 Å². The van der Waals surface area contributed by atoms with E-state index in [2.05, 4.69) is 15.2 Å². The molecule has 0 amide bonds. The molecule has 2 rings (SSSR count). The van der Waals surface area contributed by atoms with Crippen LogP contribution in [0.4, 0.5) is 4.79 Å². The molecular formula is C18H27N2O8PS. The van der Waals surface area contributed by atoms with Crippen LogP contribution in [0.2, 0.25) is 0 Å². The Bertz CT molecular complexity index is 753. The Hall–Kier alpha value is -1.75. The quantitative estimate of drug-likeness (QED) is 0.283. The van der Waals surface area contributed by atoms with E-state index < -0.39 is 32.1 Å². The summed E-state index contributed by atoms with van der Waals surface area (Å²) in [5, 5.41) is 6.24. The largest absolute Gasteiger partial charge is 0.508 e. The Kier molecular flexibility index (Phi) is 9.47. The van der Waals surface area contributed by atoms with Gasteiger partial charge in [-0.1, -0.05) is 30.3 Å². The van der Waals surface area contributed by atoms with Gasteiger partial charge in [-0.15, -0.1) is 0 Å². The van der Waals surface area contributed by atoms with Gasteiger partial charge in [0.25, 0.3) is 0 Å². The van der Waals surface area contributed by atoms with Crippen LogP contribution in [0.15, 0.2) is 30.3 Å². The second-order valence-corrected chi connectivity index (χ2v) is 8.50. The average molecular weight is 462 g/mol. The van der Waals surface area contributed by atoms with Gasteiger partial charge >= 0.3 is 14.0 Å². The maximum atomic E-state index is 12.0. The molecule has 0 radical (unpaired) electrons. The van der Waals surface area contributed by atoms with Crippen LogP contribution in [-0.2, 0) is 34.4 Å². The smallest absolute Gasteiger partial charge is 0.434 e. The lowest BCUT2D eigenvalue weighted by atomic mass is 10.1. The van der Waals surface area contributed by atoms with Gasteiger partial charge in [0.15, 0.2) is 5.11 Å². The van der Waals surface area contributed by atoms with Gasteiger partial charge in [-0.3, -0.25) is 9.05 Å². The van der Waals surface area contributed by atoms with Crippen molar-refractivity contribution < 1.29 is 37.5 Å². The summed E-state index contributed by atoms with van der Waals surface area (Å²) in [6.07, 6.45) is -1.97. The second-order valence-electron chi connectivity index (χ2n) is 6.58. The number of hydrogen-bond acceptors (Lipinski definition) is 8. The van der Waals surface area contributed by atoms with Gasteiger partial charge in [0.1, 0.15) is 25.4 Å². The Morgan fingerprint density at radius 3 is 2.53 bits per heavy atom. The van der Waals surface area contributed by atoms with E-state index in [9.17, 15) is 14.3 Å². The van der Waals surface area contributed by atoms with E-state index >= 15 is 0 Å². The van der Waals surface area contributed by atoms with Crippen LogP contribution >= 0.6 is 20.0 Å². The summed E-state index contributed by atoms with van der Waals surface area (Å²) < 4.78 is 37.6. The van der Waals surface area contributed by atoms with Crippen LogP contribution < -0.4 is 10.6 Å². The fourth-order valence-corrected chi connectivity index (χ4v) is 4.05. The molecule has 1 aliphatic rings. The van der Waals surface area contributed by atoms with Crippen LogP contribution in [0.1, 0.15) is 12.0 Å². The molecule has 0 saturated heterocycles. The molecule has 0 heterocycles. The molecule has 1 saturated carbocycles. The van der Waals surface area contributed by atoms with Gasteiger partial charge in [-0.25, -0.2) is 9.36 Å². The summed E-state index contributed by atoms with van der Waals surface area (Å²) in [4.78, 5) is 21.8. The SMILES string of the molecule is CNC(=S)N[C@@H]1C[C@H](COC(=O)OCc2ccccc2)C(OP(=O)(O)OC)[C@@H]1OC. The molecule has 30 heavy (non-hydrogen) atoms.